The van der Waals surface area contributed by atoms with E-state index in [9.17, 15) is 4.79 Å². The van der Waals surface area contributed by atoms with Gasteiger partial charge in [-0.2, -0.15) is 0 Å². The summed E-state index contributed by atoms with van der Waals surface area (Å²) in [5.74, 6) is 0.850. The number of fused-ring (bicyclic) bond motifs is 1. The summed E-state index contributed by atoms with van der Waals surface area (Å²) in [6.45, 7) is 5.25. The Kier molecular flexibility index (Phi) is 8.56. The van der Waals surface area contributed by atoms with Crippen molar-refractivity contribution in [3.63, 3.8) is 0 Å². The van der Waals surface area contributed by atoms with E-state index in [1.54, 1.807) is 11.3 Å². The van der Waals surface area contributed by atoms with Gasteiger partial charge in [0.25, 0.3) is 0 Å². The first-order chi connectivity index (χ1) is 12.7. The number of hydrogen-bond donors (Lipinski definition) is 1. The molecule has 27 heavy (non-hydrogen) atoms. The van der Waals surface area contributed by atoms with Crippen LogP contribution in [-0.4, -0.2) is 48.3 Å². The summed E-state index contributed by atoms with van der Waals surface area (Å²) in [6, 6.07) is 12.4. The second-order valence-corrected chi connectivity index (χ2v) is 7.45. The third kappa shape index (κ3) is 5.93. The number of amides is 1. The Morgan fingerprint density at radius 3 is 2.81 bits per heavy atom. The van der Waals surface area contributed by atoms with Gasteiger partial charge in [0.1, 0.15) is 6.54 Å². The zero-order chi connectivity index (χ0) is 18.4. The van der Waals surface area contributed by atoms with E-state index in [0.717, 1.165) is 32.0 Å². The lowest BCUT2D eigenvalue weighted by Crippen LogP contribution is -2.41. The molecule has 1 aliphatic heterocycles. The Bertz CT molecular complexity index is 762. The summed E-state index contributed by atoms with van der Waals surface area (Å²) in [5.41, 5.74) is 2.50. The molecule has 0 aliphatic carbocycles. The molecule has 1 amide bonds. The molecule has 0 bridgehead atoms. The molecule has 0 fully saturated rings. The Morgan fingerprint density at radius 2 is 2.07 bits per heavy atom. The van der Waals surface area contributed by atoms with Crippen LogP contribution >= 0.6 is 35.3 Å². The molecule has 5 nitrogen and oxygen atoms in total. The predicted molar refractivity (Wildman–Crippen MR) is 123 cm³/mol. The zero-order valence-corrected chi connectivity index (χ0v) is 19.0. The number of halogens is 1. The number of nitrogens with one attached hydrogen (secondary N) is 1. The second-order valence-electron chi connectivity index (χ2n) is 6.45. The average molecular weight is 498 g/mol. The lowest BCUT2D eigenvalue weighted by molar-refractivity contribution is -0.130. The molecule has 1 aliphatic rings. The quantitative estimate of drug-likeness (QED) is 0.391. The van der Waals surface area contributed by atoms with Crippen LogP contribution in [0.25, 0.3) is 0 Å². The van der Waals surface area contributed by atoms with Crippen LogP contribution in [-0.2, 0) is 24.3 Å². The van der Waals surface area contributed by atoms with E-state index in [2.05, 4.69) is 38.8 Å². The number of aliphatic imine (C=N–C) groups is 1. The van der Waals surface area contributed by atoms with Crippen molar-refractivity contribution in [2.75, 3.05) is 26.7 Å². The van der Waals surface area contributed by atoms with Crippen LogP contribution < -0.4 is 5.32 Å². The summed E-state index contributed by atoms with van der Waals surface area (Å²) < 4.78 is 0. The summed E-state index contributed by atoms with van der Waals surface area (Å²) >= 11 is 1.79. The van der Waals surface area contributed by atoms with Crippen LogP contribution in [0.1, 0.15) is 22.9 Å². The molecule has 146 valence electrons. The van der Waals surface area contributed by atoms with Gasteiger partial charge >= 0.3 is 0 Å². The van der Waals surface area contributed by atoms with Crippen molar-refractivity contribution >= 4 is 47.2 Å². The van der Waals surface area contributed by atoms with Gasteiger partial charge < -0.3 is 15.1 Å². The normalized spacial score (nSPS) is 13.6. The van der Waals surface area contributed by atoms with Crippen LogP contribution in [0.5, 0.6) is 0 Å². The molecular weight excluding hydrogens is 471 g/mol. The first-order valence-electron chi connectivity index (χ1n) is 9.03. The average Bonchev–Trinajstić information content (AvgIpc) is 3.13. The number of nitrogens with zero attached hydrogens (tertiary/aromatic N) is 3. The van der Waals surface area contributed by atoms with Crippen molar-refractivity contribution in [1.29, 1.82) is 0 Å². The fourth-order valence-corrected chi connectivity index (χ4v) is 4.00. The molecule has 0 radical (unpaired) electrons. The maximum absolute atomic E-state index is 12.6. The molecule has 0 spiro atoms. The number of carbonyl (C=O) groups is 1. The van der Waals surface area contributed by atoms with Crippen LogP contribution in [0.2, 0.25) is 0 Å². The van der Waals surface area contributed by atoms with Crippen LogP contribution in [0.3, 0.4) is 0 Å². The highest BCUT2D eigenvalue weighted by atomic mass is 127. The van der Waals surface area contributed by atoms with Crippen LogP contribution in [0, 0.1) is 0 Å². The minimum atomic E-state index is 0. The third-order valence-electron chi connectivity index (χ3n) is 4.48. The molecule has 7 heteroatoms. The first-order valence-corrected chi connectivity index (χ1v) is 9.91. The summed E-state index contributed by atoms with van der Waals surface area (Å²) in [5, 5.41) is 5.39. The van der Waals surface area contributed by atoms with E-state index in [-0.39, 0.29) is 36.4 Å². The van der Waals surface area contributed by atoms with Gasteiger partial charge in [-0.1, -0.05) is 30.3 Å². The Morgan fingerprint density at radius 1 is 1.30 bits per heavy atom. The van der Waals surface area contributed by atoms with Crippen molar-refractivity contribution in [2.24, 2.45) is 4.99 Å². The van der Waals surface area contributed by atoms with E-state index >= 15 is 0 Å². The molecular formula is C20H27IN4OS. The Hall–Kier alpha value is -1.61. The zero-order valence-electron chi connectivity index (χ0n) is 15.9. The van der Waals surface area contributed by atoms with E-state index in [1.165, 1.54) is 16.0 Å². The van der Waals surface area contributed by atoms with Gasteiger partial charge in [0.2, 0.25) is 5.91 Å². The van der Waals surface area contributed by atoms with Gasteiger partial charge in [0, 0.05) is 38.1 Å². The predicted octanol–water partition coefficient (Wildman–Crippen LogP) is 3.35. The summed E-state index contributed by atoms with van der Waals surface area (Å²) in [7, 11) is 2.00. The SMILES string of the molecule is CCNC(=NCC(=O)N1CCc2sccc2C1)N(C)Cc1ccccc1.I. The van der Waals surface area contributed by atoms with Gasteiger partial charge in [-0.3, -0.25) is 4.79 Å². The fraction of sp³-hybridized carbons (Fsp3) is 0.400. The van der Waals surface area contributed by atoms with E-state index < -0.39 is 0 Å². The number of benzene rings is 1. The fourth-order valence-electron chi connectivity index (χ4n) is 3.11. The Labute approximate surface area is 182 Å². The lowest BCUT2D eigenvalue weighted by Gasteiger charge is -2.27. The minimum Gasteiger partial charge on any atom is -0.357 e. The lowest BCUT2D eigenvalue weighted by atomic mass is 10.1. The van der Waals surface area contributed by atoms with Gasteiger partial charge in [-0.05, 0) is 35.9 Å². The monoisotopic (exact) mass is 498 g/mol. The number of thiophene rings is 1. The van der Waals surface area contributed by atoms with Crippen molar-refractivity contribution in [3.8, 4) is 0 Å². The van der Waals surface area contributed by atoms with Gasteiger partial charge in [0.15, 0.2) is 5.96 Å². The van der Waals surface area contributed by atoms with E-state index in [4.69, 9.17) is 0 Å². The highest BCUT2D eigenvalue weighted by Gasteiger charge is 2.21. The maximum Gasteiger partial charge on any atom is 0.244 e. The molecule has 1 aromatic heterocycles. The van der Waals surface area contributed by atoms with Crippen LogP contribution in [0.4, 0.5) is 0 Å². The standard InChI is InChI=1S/C20H26N4OS.HI/c1-3-21-20(23(2)14-16-7-5-4-6-8-16)22-13-19(25)24-11-9-18-17(15-24)10-12-26-18;/h4-8,10,12H,3,9,11,13-15H2,1-2H3,(H,21,22);1H. The molecule has 1 N–H and O–H groups in total. The number of rotatable bonds is 5. The van der Waals surface area contributed by atoms with Gasteiger partial charge in [-0.25, -0.2) is 4.99 Å². The molecule has 0 saturated carbocycles. The Balaban J connectivity index is 0.00000261. The van der Waals surface area contributed by atoms with Crippen molar-refractivity contribution in [2.45, 2.75) is 26.4 Å². The smallest absolute Gasteiger partial charge is 0.244 e. The van der Waals surface area contributed by atoms with Crippen molar-refractivity contribution in [3.05, 3.63) is 57.8 Å². The minimum absolute atomic E-state index is 0. The van der Waals surface area contributed by atoms with Crippen LogP contribution in [0.15, 0.2) is 46.8 Å². The second kappa shape index (κ2) is 10.7. The van der Waals surface area contributed by atoms with E-state index in [1.807, 2.05) is 37.1 Å². The molecule has 1 aromatic carbocycles. The highest BCUT2D eigenvalue weighted by Crippen LogP contribution is 2.23. The molecule has 3 rings (SSSR count). The highest BCUT2D eigenvalue weighted by molar-refractivity contribution is 14.0. The summed E-state index contributed by atoms with van der Waals surface area (Å²) in [6.07, 6.45) is 0.955. The molecule has 2 heterocycles. The third-order valence-corrected chi connectivity index (χ3v) is 5.51. The van der Waals surface area contributed by atoms with Gasteiger partial charge in [0.05, 0.1) is 0 Å². The number of hydrogen-bond acceptors (Lipinski definition) is 3. The molecule has 0 unspecified atom stereocenters. The topological polar surface area (TPSA) is 47.9 Å². The number of carbonyl (C=O) groups excluding carboxylic acids is 1. The molecule has 0 saturated heterocycles. The molecule has 2 aromatic rings. The van der Waals surface area contributed by atoms with Crippen molar-refractivity contribution in [1.82, 2.24) is 15.1 Å². The van der Waals surface area contributed by atoms with E-state index in [0.29, 0.717) is 6.54 Å². The maximum atomic E-state index is 12.6. The summed E-state index contributed by atoms with van der Waals surface area (Å²) in [4.78, 5) is 22.5. The first kappa shape index (κ1) is 21.7. The number of guanidine groups is 1. The van der Waals surface area contributed by atoms with Gasteiger partial charge in [-0.15, -0.1) is 35.3 Å². The largest absolute Gasteiger partial charge is 0.357 e. The van der Waals surface area contributed by atoms with Crippen molar-refractivity contribution < 1.29 is 4.79 Å². The molecule has 0 atom stereocenters.